The summed E-state index contributed by atoms with van der Waals surface area (Å²) in [6, 6.07) is 55.0. The highest BCUT2D eigenvalue weighted by molar-refractivity contribution is 7.20. The van der Waals surface area contributed by atoms with Crippen molar-refractivity contribution in [2.24, 2.45) is 0 Å². The minimum Gasteiger partial charge on any atom is -0.391 e. The highest BCUT2D eigenvalue weighted by Crippen LogP contribution is 2.52. The van der Waals surface area contributed by atoms with Crippen molar-refractivity contribution in [1.82, 2.24) is 5.32 Å². The standard InChI is InChI=1S/C46H42FNSi/c1-46(2)42-26-25-36(47)31-41(42)45-40(22-14-23-43(45)46)35(29-33-27-28-48-32-33)30-34-15-12-13-24-44(34)49(37-16-6-3-7-17-37,38-18-8-4-9-19-38)39-20-10-5-11-21-39/h3-26,31-32,35,48H,27-30H2,1-2H3. The van der Waals surface area contributed by atoms with Crippen molar-refractivity contribution in [1.29, 1.82) is 0 Å². The van der Waals surface area contributed by atoms with Crippen molar-refractivity contribution in [3.05, 3.63) is 192 Å². The van der Waals surface area contributed by atoms with Crippen LogP contribution in [0.5, 0.6) is 0 Å². The molecule has 1 nitrogen and oxygen atoms in total. The lowest BCUT2D eigenvalue weighted by Crippen LogP contribution is -2.75. The first-order valence-electron chi connectivity index (χ1n) is 17.6. The smallest absolute Gasteiger partial charge is 0.179 e. The van der Waals surface area contributed by atoms with Crippen molar-refractivity contribution in [2.45, 2.75) is 44.4 Å². The molecule has 0 radical (unpaired) electrons. The number of benzene rings is 6. The number of hydrogen-bond acceptors (Lipinski definition) is 1. The minimum absolute atomic E-state index is 0.175. The number of fused-ring (bicyclic) bond motifs is 3. The molecule has 0 spiro atoms. The van der Waals surface area contributed by atoms with Crippen LogP contribution in [0.3, 0.4) is 0 Å². The van der Waals surface area contributed by atoms with E-state index < -0.39 is 8.07 Å². The zero-order chi connectivity index (χ0) is 33.4. The zero-order valence-electron chi connectivity index (χ0n) is 28.3. The number of nitrogens with one attached hydrogen (secondary N) is 1. The summed E-state index contributed by atoms with van der Waals surface area (Å²) in [5, 5.41) is 9.05. The average molecular weight is 656 g/mol. The first-order valence-corrected chi connectivity index (χ1v) is 19.6. The van der Waals surface area contributed by atoms with Crippen molar-refractivity contribution in [2.75, 3.05) is 6.54 Å². The molecule has 0 bridgehead atoms. The van der Waals surface area contributed by atoms with Crippen LogP contribution in [0.1, 0.15) is 54.9 Å². The molecule has 8 rings (SSSR count). The molecule has 0 fully saturated rings. The Morgan fingerprint density at radius 2 is 1.27 bits per heavy atom. The van der Waals surface area contributed by atoms with E-state index in [-0.39, 0.29) is 17.2 Å². The summed E-state index contributed by atoms with van der Waals surface area (Å²) in [4.78, 5) is 0. The van der Waals surface area contributed by atoms with E-state index in [2.05, 4.69) is 159 Å². The van der Waals surface area contributed by atoms with Gasteiger partial charge in [0.15, 0.2) is 8.07 Å². The van der Waals surface area contributed by atoms with E-state index in [1.807, 2.05) is 6.07 Å². The highest BCUT2D eigenvalue weighted by Gasteiger charge is 2.43. The van der Waals surface area contributed by atoms with Crippen molar-refractivity contribution in [3.8, 4) is 11.1 Å². The maximum atomic E-state index is 15.0. The third kappa shape index (κ3) is 5.37. The fourth-order valence-corrected chi connectivity index (χ4v) is 13.8. The largest absolute Gasteiger partial charge is 0.391 e. The molecule has 2 aliphatic rings. The molecular weight excluding hydrogens is 614 g/mol. The molecule has 1 heterocycles. The van der Waals surface area contributed by atoms with Gasteiger partial charge in [-0.3, -0.25) is 0 Å². The molecule has 0 aromatic heterocycles. The summed E-state index contributed by atoms with van der Waals surface area (Å²) in [7, 11) is -2.74. The summed E-state index contributed by atoms with van der Waals surface area (Å²) in [5.74, 6) is 0.0347. The van der Waals surface area contributed by atoms with Gasteiger partial charge in [0.1, 0.15) is 5.82 Å². The molecule has 242 valence electrons. The van der Waals surface area contributed by atoms with Crippen LogP contribution >= 0.6 is 0 Å². The van der Waals surface area contributed by atoms with Crippen LogP contribution in [-0.4, -0.2) is 14.6 Å². The molecule has 3 heteroatoms. The Morgan fingerprint density at radius 1 is 0.653 bits per heavy atom. The second-order valence-electron chi connectivity index (χ2n) is 14.2. The number of halogens is 1. The van der Waals surface area contributed by atoms with Crippen LogP contribution in [0.25, 0.3) is 11.1 Å². The zero-order valence-corrected chi connectivity index (χ0v) is 29.3. The minimum atomic E-state index is -2.74. The quantitative estimate of drug-likeness (QED) is 0.123. The van der Waals surface area contributed by atoms with E-state index in [1.54, 1.807) is 12.1 Å². The van der Waals surface area contributed by atoms with Gasteiger partial charge in [-0.2, -0.15) is 0 Å². The van der Waals surface area contributed by atoms with E-state index in [4.69, 9.17) is 0 Å². The summed E-state index contributed by atoms with van der Waals surface area (Å²) in [6.07, 6.45) is 5.13. The predicted octanol–water partition coefficient (Wildman–Crippen LogP) is 8.10. The van der Waals surface area contributed by atoms with Crippen LogP contribution in [0.4, 0.5) is 4.39 Å². The molecule has 1 N–H and O–H groups in total. The molecule has 0 saturated carbocycles. The fraction of sp³-hybridized carbons (Fsp3) is 0.174. The van der Waals surface area contributed by atoms with Gasteiger partial charge in [-0.1, -0.05) is 159 Å². The highest BCUT2D eigenvalue weighted by atomic mass is 28.3. The second-order valence-corrected chi connectivity index (χ2v) is 18.0. The molecule has 6 aromatic carbocycles. The molecule has 6 aromatic rings. The lowest BCUT2D eigenvalue weighted by molar-refractivity contribution is 0.622. The Morgan fingerprint density at radius 3 is 1.88 bits per heavy atom. The van der Waals surface area contributed by atoms with E-state index >= 15 is 0 Å². The molecule has 1 aliphatic carbocycles. The van der Waals surface area contributed by atoms with Crippen molar-refractivity contribution in [3.63, 3.8) is 0 Å². The van der Waals surface area contributed by atoms with Crippen molar-refractivity contribution >= 4 is 28.8 Å². The van der Waals surface area contributed by atoms with Crippen LogP contribution in [0.15, 0.2) is 163 Å². The van der Waals surface area contributed by atoms with Gasteiger partial charge >= 0.3 is 0 Å². The number of rotatable bonds is 9. The topological polar surface area (TPSA) is 12.0 Å². The summed E-state index contributed by atoms with van der Waals surface area (Å²) in [5.41, 5.74) is 8.75. The second kappa shape index (κ2) is 12.8. The summed E-state index contributed by atoms with van der Waals surface area (Å²) in [6.45, 7) is 5.55. The molecule has 0 saturated heterocycles. The first kappa shape index (κ1) is 31.3. The Balaban J connectivity index is 1.36. The van der Waals surface area contributed by atoms with Gasteiger partial charge in [0.05, 0.1) is 0 Å². The lowest BCUT2D eigenvalue weighted by atomic mass is 9.79. The average Bonchev–Trinajstić information content (AvgIpc) is 3.74. The van der Waals surface area contributed by atoms with Crippen molar-refractivity contribution < 1.29 is 4.39 Å². The fourth-order valence-electron chi connectivity index (χ4n) is 8.80. The van der Waals surface area contributed by atoms with E-state index in [1.165, 1.54) is 54.1 Å². The molecule has 0 amide bonds. The van der Waals surface area contributed by atoms with Gasteiger partial charge in [-0.15, -0.1) is 0 Å². The van der Waals surface area contributed by atoms with E-state index in [0.29, 0.717) is 0 Å². The Hall–Kier alpha value is -4.99. The Labute approximate surface area is 291 Å². The first-order chi connectivity index (χ1) is 24.0. The molecule has 1 aliphatic heterocycles. The monoisotopic (exact) mass is 655 g/mol. The van der Waals surface area contributed by atoms with Gasteiger partial charge in [-0.25, -0.2) is 4.39 Å². The van der Waals surface area contributed by atoms with Gasteiger partial charge < -0.3 is 5.32 Å². The maximum absolute atomic E-state index is 15.0. The Kier molecular flexibility index (Phi) is 8.17. The van der Waals surface area contributed by atoms with Gasteiger partial charge in [0.25, 0.3) is 0 Å². The lowest BCUT2D eigenvalue weighted by Gasteiger charge is -2.36. The molecule has 1 unspecified atom stereocenters. The third-order valence-corrected chi connectivity index (χ3v) is 15.9. The molecule has 1 atom stereocenters. The van der Waals surface area contributed by atoms with Gasteiger partial charge in [-0.05, 0) is 97.6 Å². The van der Waals surface area contributed by atoms with Crippen LogP contribution in [-0.2, 0) is 11.8 Å². The molecular formula is C46H42FNSi. The maximum Gasteiger partial charge on any atom is 0.179 e. The van der Waals surface area contributed by atoms with Crippen LogP contribution < -0.4 is 26.1 Å². The number of hydrogen-bond donors (Lipinski definition) is 1. The summed E-state index contributed by atoms with van der Waals surface area (Å²) >= 11 is 0. The van der Waals surface area contributed by atoms with E-state index in [9.17, 15) is 4.39 Å². The summed E-state index contributed by atoms with van der Waals surface area (Å²) < 4.78 is 15.0. The molecule has 49 heavy (non-hydrogen) atoms. The van der Waals surface area contributed by atoms with E-state index in [0.717, 1.165) is 31.4 Å². The van der Waals surface area contributed by atoms with Gasteiger partial charge in [0, 0.05) is 12.0 Å². The normalized spacial score (nSPS) is 15.2. The van der Waals surface area contributed by atoms with Crippen LogP contribution in [0, 0.1) is 5.82 Å². The Bertz CT molecular complexity index is 2040. The third-order valence-electron chi connectivity index (χ3n) is 11.0. The van der Waals surface area contributed by atoms with Gasteiger partial charge in [0.2, 0.25) is 0 Å². The SMILES string of the molecule is CC1(C)c2ccc(F)cc2-c2c(C(CC3=CNCC3)Cc3ccccc3[Si](c3ccccc3)(c3ccccc3)c3ccccc3)cccc21. The van der Waals surface area contributed by atoms with Crippen LogP contribution in [0.2, 0.25) is 0 Å². The predicted molar refractivity (Wildman–Crippen MR) is 206 cm³/mol.